The van der Waals surface area contributed by atoms with Crippen molar-refractivity contribution in [2.75, 3.05) is 6.79 Å². The monoisotopic (exact) mass is 275 g/mol. The summed E-state index contributed by atoms with van der Waals surface area (Å²) in [5.74, 6) is 1.71. The van der Waals surface area contributed by atoms with Gasteiger partial charge in [-0.15, -0.1) is 0 Å². The molecule has 3 nitrogen and oxygen atoms in total. The Morgan fingerprint density at radius 1 is 0.905 bits per heavy atom. The molecule has 0 saturated heterocycles. The molecule has 0 atom stereocenters. The lowest BCUT2D eigenvalue weighted by molar-refractivity contribution is 0.174. The molecule has 0 radical (unpaired) electrons. The summed E-state index contributed by atoms with van der Waals surface area (Å²) in [7, 11) is 0. The van der Waals surface area contributed by atoms with E-state index < -0.39 is 0 Å². The molecule has 3 aromatic rings. The number of aromatic nitrogens is 1. The van der Waals surface area contributed by atoms with Crippen molar-refractivity contribution in [1.29, 1.82) is 0 Å². The second-order valence-corrected chi connectivity index (χ2v) is 5.53. The Morgan fingerprint density at radius 3 is 2.71 bits per heavy atom. The molecule has 0 saturated carbocycles. The van der Waals surface area contributed by atoms with Gasteiger partial charge in [0.25, 0.3) is 0 Å². The Morgan fingerprint density at radius 2 is 1.76 bits per heavy atom. The summed E-state index contributed by atoms with van der Waals surface area (Å²) in [4.78, 5) is 4.61. The van der Waals surface area contributed by atoms with Gasteiger partial charge >= 0.3 is 0 Å². The molecule has 2 heterocycles. The van der Waals surface area contributed by atoms with Crippen LogP contribution in [-0.4, -0.2) is 11.8 Å². The zero-order chi connectivity index (χ0) is 13.8. The zero-order valence-corrected chi connectivity index (χ0v) is 11.4. The smallest absolute Gasteiger partial charge is 0.231 e. The van der Waals surface area contributed by atoms with Crippen molar-refractivity contribution in [3.8, 4) is 22.6 Å². The standard InChI is InChI=1S/C18H13NO2/c1-2-4-16-13(3-1)12-6-5-11-7-17-18(21-10-20-17)8-14(11)15(12)9-19-16/h1-4,7-9H,5-6,10H2. The fourth-order valence-corrected chi connectivity index (χ4v) is 3.40. The number of nitrogens with zero attached hydrogens (tertiary/aromatic N) is 1. The summed E-state index contributed by atoms with van der Waals surface area (Å²) in [5, 5.41) is 1.26. The second-order valence-electron chi connectivity index (χ2n) is 5.53. The van der Waals surface area contributed by atoms with E-state index in [2.05, 4.69) is 35.3 Å². The van der Waals surface area contributed by atoms with Crippen LogP contribution in [0.5, 0.6) is 11.5 Å². The fourth-order valence-electron chi connectivity index (χ4n) is 3.40. The maximum atomic E-state index is 5.52. The quantitative estimate of drug-likeness (QED) is 0.626. The third-order valence-corrected chi connectivity index (χ3v) is 4.42. The first-order chi connectivity index (χ1) is 10.4. The predicted molar refractivity (Wildman–Crippen MR) is 80.7 cm³/mol. The van der Waals surface area contributed by atoms with Gasteiger partial charge in [0.2, 0.25) is 6.79 Å². The number of pyridine rings is 1. The lowest BCUT2D eigenvalue weighted by Gasteiger charge is -2.21. The van der Waals surface area contributed by atoms with Gasteiger partial charge in [-0.1, -0.05) is 18.2 Å². The van der Waals surface area contributed by atoms with Crippen LogP contribution in [0.3, 0.4) is 0 Å². The van der Waals surface area contributed by atoms with Crippen LogP contribution in [0.2, 0.25) is 0 Å². The first kappa shape index (κ1) is 11.1. The van der Waals surface area contributed by atoms with Crippen LogP contribution in [0.1, 0.15) is 11.1 Å². The summed E-state index contributed by atoms with van der Waals surface area (Å²) in [6.07, 6.45) is 4.08. The molecule has 2 aromatic carbocycles. The van der Waals surface area contributed by atoms with Crippen molar-refractivity contribution in [2.24, 2.45) is 0 Å². The molecule has 0 bridgehead atoms. The molecule has 0 N–H and O–H groups in total. The molecular weight excluding hydrogens is 262 g/mol. The van der Waals surface area contributed by atoms with E-state index in [1.165, 1.54) is 27.6 Å². The highest BCUT2D eigenvalue weighted by molar-refractivity contribution is 5.90. The molecular formula is C18H13NO2. The van der Waals surface area contributed by atoms with E-state index in [1.54, 1.807) is 0 Å². The normalized spacial score (nSPS) is 14.9. The maximum absolute atomic E-state index is 5.52. The number of hydrogen-bond acceptors (Lipinski definition) is 3. The molecule has 0 fully saturated rings. The van der Waals surface area contributed by atoms with Crippen LogP contribution in [0.25, 0.3) is 22.0 Å². The van der Waals surface area contributed by atoms with Crippen LogP contribution in [-0.2, 0) is 12.8 Å². The summed E-state index contributed by atoms with van der Waals surface area (Å²) in [6, 6.07) is 12.6. The third kappa shape index (κ3) is 1.51. The van der Waals surface area contributed by atoms with Crippen LogP contribution >= 0.6 is 0 Å². The molecule has 1 aliphatic heterocycles. The van der Waals surface area contributed by atoms with Crippen molar-refractivity contribution in [3.63, 3.8) is 0 Å². The lowest BCUT2D eigenvalue weighted by Crippen LogP contribution is -2.05. The topological polar surface area (TPSA) is 31.4 Å². The van der Waals surface area contributed by atoms with Gasteiger partial charge in [0.15, 0.2) is 11.5 Å². The number of rotatable bonds is 0. The van der Waals surface area contributed by atoms with Crippen LogP contribution < -0.4 is 9.47 Å². The number of benzene rings is 2. The first-order valence-electron chi connectivity index (χ1n) is 7.20. The van der Waals surface area contributed by atoms with Crippen LogP contribution in [0.4, 0.5) is 0 Å². The van der Waals surface area contributed by atoms with Gasteiger partial charge in [0, 0.05) is 17.1 Å². The zero-order valence-electron chi connectivity index (χ0n) is 11.4. The average molecular weight is 275 g/mol. The number of ether oxygens (including phenoxy) is 2. The Kier molecular flexibility index (Phi) is 2.11. The second kappa shape index (κ2) is 3.98. The van der Waals surface area contributed by atoms with E-state index in [-0.39, 0.29) is 0 Å². The Labute approximate surface area is 122 Å². The van der Waals surface area contributed by atoms with E-state index >= 15 is 0 Å². The molecule has 1 aliphatic carbocycles. The van der Waals surface area contributed by atoms with E-state index in [1.807, 2.05) is 12.3 Å². The minimum absolute atomic E-state index is 0.320. The lowest BCUT2D eigenvalue weighted by atomic mass is 9.84. The predicted octanol–water partition coefficient (Wildman–Crippen LogP) is 3.73. The van der Waals surface area contributed by atoms with Gasteiger partial charge in [-0.2, -0.15) is 0 Å². The van der Waals surface area contributed by atoms with Gasteiger partial charge in [-0.25, -0.2) is 0 Å². The number of fused-ring (bicyclic) bond motifs is 6. The summed E-state index contributed by atoms with van der Waals surface area (Å²) in [6.45, 7) is 0.320. The Bertz CT molecular complexity index is 886. The highest BCUT2D eigenvalue weighted by Crippen LogP contribution is 2.43. The van der Waals surface area contributed by atoms with Gasteiger partial charge in [-0.3, -0.25) is 4.98 Å². The maximum Gasteiger partial charge on any atom is 0.231 e. The Hall–Kier alpha value is -2.55. The SMILES string of the molecule is c1ccc2c3c(cnc2c1)-c1cc2c(cc1CC3)OCO2. The summed E-state index contributed by atoms with van der Waals surface area (Å²) < 4.78 is 11.0. The van der Waals surface area contributed by atoms with Crippen molar-refractivity contribution in [3.05, 3.63) is 53.7 Å². The molecule has 2 aliphatic rings. The van der Waals surface area contributed by atoms with E-state index in [0.29, 0.717) is 6.79 Å². The van der Waals surface area contributed by atoms with Gasteiger partial charge in [-0.05, 0) is 47.7 Å². The van der Waals surface area contributed by atoms with Crippen molar-refractivity contribution in [1.82, 2.24) is 4.98 Å². The highest BCUT2D eigenvalue weighted by Gasteiger charge is 2.23. The molecule has 21 heavy (non-hydrogen) atoms. The van der Waals surface area contributed by atoms with Gasteiger partial charge in [0.05, 0.1) is 5.52 Å². The fraction of sp³-hybridized carbons (Fsp3) is 0.167. The molecule has 3 heteroatoms. The Balaban J connectivity index is 1.81. The minimum Gasteiger partial charge on any atom is -0.454 e. The summed E-state index contributed by atoms with van der Waals surface area (Å²) in [5.41, 5.74) is 6.25. The summed E-state index contributed by atoms with van der Waals surface area (Å²) >= 11 is 0. The van der Waals surface area contributed by atoms with Crippen LogP contribution in [0, 0.1) is 0 Å². The van der Waals surface area contributed by atoms with Crippen molar-refractivity contribution in [2.45, 2.75) is 12.8 Å². The van der Waals surface area contributed by atoms with Crippen LogP contribution in [0.15, 0.2) is 42.6 Å². The van der Waals surface area contributed by atoms with E-state index in [0.717, 1.165) is 29.9 Å². The van der Waals surface area contributed by atoms with Gasteiger partial charge in [0.1, 0.15) is 0 Å². The van der Waals surface area contributed by atoms with Crippen molar-refractivity contribution >= 4 is 10.9 Å². The van der Waals surface area contributed by atoms with E-state index in [9.17, 15) is 0 Å². The largest absolute Gasteiger partial charge is 0.454 e. The number of para-hydroxylation sites is 1. The molecule has 0 amide bonds. The van der Waals surface area contributed by atoms with E-state index in [4.69, 9.17) is 9.47 Å². The molecule has 0 unspecified atom stereocenters. The highest BCUT2D eigenvalue weighted by atomic mass is 16.7. The molecule has 0 spiro atoms. The number of aryl methyl sites for hydroxylation is 2. The first-order valence-corrected chi connectivity index (χ1v) is 7.20. The molecule has 102 valence electrons. The third-order valence-electron chi connectivity index (χ3n) is 4.42. The molecule has 5 rings (SSSR count). The average Bonchev–Trinajstić information content (AvgIpc) is 2.99. The minimum atomic E-state index is 0.320. The van der Waals surface area contributed by atoms with Gasteiger partial charge < -0.3 is 9.47 Å². The van der Waals surface area contributed by atoms with Crippen molar-refractivity contribution < 1.29 is 9.47 Å². The molecule has 1 aromatic heterocycles. The number of hydrogen-bond donors (Lipinski definition) is 0.